The Bertz CT molecular complexity index is 1350. The van der Waals surface area contributed by atoms with E-state index in [0.29, 0.717) is 37.1 Å². The van der Waals surface area contributed by atoms with Crippen molar-refractivity contribution in [2.75, 3.05) is 82.3 Å². The Labute approximate surface area is 216 Å². The number of nitrogens with zero attached hydrogens (tertiary/aromatic N) is 4. The van der Waals surface area contributed by atoms with E-state index in [1.807, 2.05) is 36.4 Å². The molecule has 12 heteroatoms. The van der Waals surface area contributed by atoms with Gasteiger partial charge < -0.3 is 24.1 Å². The number of hydrazone groups is 1. The number of H-pyrrole nitrogens is 1. The number of hydrogen-bond donors (Lipinski definition) is 2. The maximum atomic E-state index is 12.7. The first-order valence-corrected chi connectivity index (χ1v) is 14.2. The van der Waals surface area contributed by atoms with E-state index in [9.17, 15) is 8.42 Å². The fourth-order valence-electron chi connectivity index (χ4n) is 4.43. The molecule has 0 amide bonds. The van der Waals surface area contributed by atoms with Crippen LogP contribution in [0.5, 0.6) is 5.88 Å². The van der Waals surface area contributed by atoms with Gasteiger partial charge in [-0.3, -0.25) is 10.3 Å². The van der Waals surface area contributed by atoms with Crippen LogP contribution in [0.4, 0.5) is 11.5 Å². The summed E-state index contributed by atoms with van der Waals surface area (Å²) < 4.78 is 42.3. The average molecular weight is 529 g/mol. The van der Waals surface area contributed by atoms with Crippen LogP contribution in [0, 0.1) is 0 Å². The molecular formula is C25H32N6O5S. The van der Waals surface area contributed by atoms with Crippen molar-refractivity contribution in [2.45, 2.75) is 0 Å². The van der Waals surface area contributed by atoms with Gasteiger partial charge in [-0.05, 0) is 6.07 Å². The number of aromatic nitrogens is 2. The molecule has 1 aromatic carbocycles. The van der Waals surface area contributed by atoms with E-state index < -0.39 is 9.84 Å². The number of morpholine rings is 2. The molecule has 0 spiro atoms. The molecule has 5 rings (SSSR count). The minimum absolute atomic E-state index is 0.0710. The predicted molar refractivity (Wildman–Crippen MR) is 143 cm³/mol. The number of ether oxygens (including phenoxy) is 3. The van der Waals surface area contributed by atoms with Crippen molar-refractivity contribution in [3.05, 3.63) is 48.2 Å². The van der Waals surface area contributed by atoms with Gasteiger partial charge in [-0.25, -0.2) is 8.42 Å². The third kappa shape index (κ3) is 6.39. The van der Waals surface area contributed by atoms with Crippen LogP contribution in [0.15, 0.2) is 47.7 Å². The molecule has 4 heterocycles. The highest BCUT2D eigenvalue weighted by Crippen LogP contribution is 2.26. The van der Waals surface area contributed by atoms with Gasteiger partial charge >= 0.3 is 0 Å². The highest BCUT2D eigenvalue weighted by Gasteiger charge is 2.21. The number of aromatic amines is 1. The zero-order valence-corrected chi connectivity index (χ0v) is 21.7. The molecule has 0 atom stereocenters. The normalized spacial score (nSPS) is 17.8. The fourth-order valence-corrected chi connectivity index (χ4v) is 5.21. The van der Waals surface area contributed by atoms with Gasteiger partial charge in [-0.1, -0.05) is 18.2 Å². The van der Waals surface area contributed by atoms with E-state index in [1.165, 1.54) is 0 Å². The van der Waals surface area contributed by atoms with Crippen LogP contribution in [0.2, 0.25) is 0 Å². The highest BCUT2D eigenvalue weighted by atomic mass is 32.2. The van der Waals surface area contributed by atoms with Gasteiger partial charge in [0.25, 0.3) is 0 Å². The summed E-state index contributed by atoms with van der Waals surface area (Å²) in [4.78, 5) is 12.2. The first kappa shape index (κ1) is 25.5. The second-order valence-electron chi connectivity index (χ2n) is 9.00. The molecular weight excluding hydrogens is 496 g/mol. The van der Waals surface area contributed by atoms with Crippen LogP contribution >= 0.6 is 0 Å². The molecule has 37 heavy (non-hydrogen) atoms. The maximum absolute atomic E-state index is 12.7. The standard InChI is InChI=1S/C25H32N6O5S/c1-37(32,33)25(21-18-26-22-5-3-2-4-20(21)22)29-28-23-16-19(31-9-13-35-14-10-31)17-24(27-23)36-15-8-30-6-11-34-12-7-30/h2-5,16-18,26H,6-15H2,1H3,(H,27,28). The van der Waals surface area contributed by atoms with Crippen molar-refractivity contribution in [3.8, 4) is 5.88 Å². The molecule has 0 bridgehead atoms. The van der Waals surface area contributed by atoms with E-state index in [1.54, 1.807) is 6.20 Å². The van der Waals surface area contributed by atoms with Crippen molar-refractivity contribution in [1.82, 2.24) is 14.9 Å². The molecule has 2 aliphatic heterocycles. The molecule has 198 valence electrons. The summed E-state index contributed by atoms with van der Waals surface area (Å²) in [6.45, 7) is 7.23. The number of anilines is 2. The summed E-state index contributed by atoms with van der Waals surface area (Å²) in [6, 6.07) is 11.2. The maximum Gasteiger partial charge on any atom is 0.217 e. The first-order chi connectivity index (χ1) is 18.0. The zero-order valence-electron chi connectivity index (χ0n) is 20.9. The van der Waals surface area contributed by atoms with E-state index in [-0.39, 0.29) is 5.04 Å². The number of benzene rings is 1. The Balaban J connectivity index is 1.40. The van der Waals surface area contributed by atoms with Crippen LogP contribution in [-0.4, -0.2) is 100 Å². The van der Waals surface area contributed by atoms with Gasteiger partial charge in [-0.2, -0.15) is 10.1 Å². The van der Waals surface area contributed by atoms with E-state index in [2.05, 4.69) is 30.3 Å². The van der Waals surface area contributed by atoms with Gasteiger partial charge in [-0.15, -0.1) is 0 Å². The molecule has 0 aliphatic carbocycles. The topological polar surface area (TPSA) is 121 Å². The lowest BCUT2D eigenvalue weighted by Gasteiger charge is -2.29. The highest BCUT2D eigenvalue weighted by molar-refractivity contribution is 8.06. The quantitative estimate of drug-likeness (QED) is 0.257. The van der Waals surface area contributed by atoms with Crippen molar-refractivity contribution in [1.29, 1.82) is 0 Å². The third-order valence-corrected chi connectivity index (χ3v) is 7.38. The smallest absolute Gasteiger partial charge is 0.217 e. The number of nitrogens with one attached hydrogen (secondary N) is 2. The molecule has 11 nitrogen and oxygen atoms in total. The van der Waals surface area contributed by atoms with Gasteiger partial charge in [0.15, 0.2) is 20.7 Å². The minimum Gasteiger partial charge on any atom is -0.476 e. The summed E-state index contributed by atoms with van der Waals surface area (Å²) in [6.07, 6.45) is 2.80. The van der Waals surface area contributed by atoms with Gasteiger partial charge in [0, 0.05) is 79.5 Å². The molecule has 2 fully saturated rings. The lowest BCUT2D eigenvalue weighted by Crippen LogP contribution is -2.38. The Morgan fingerprint density at radius 1 is 1.11 bits per heavy atom. The summed E-state index contributed by atoms with van der Waals surface area (Å²) in [7, 11) is -3.65. The van der Waals surface area contributed by atoms with E-state index in [0.717, 1.165) is 68.8 Å². The largest absolute Gasteiger partial charge is 0.476 e. The van der Waals surface area contributed by atoms with Crippen LogP contribution in [0.25, 0.3) is 10.9 Å². The number of fused-ring (bicyclic) bond motifs is 1. The summed E-state index contributed by atoms with van der Waals surface area (Å²) in [5.41, 5.74) is 5.12. The molecule has 0 saturated carbocycles. The summed E-state index contributed by atoms with van der Waals surface area (Å²) in [5, 5.41) is 5.02. The Morgan fingerprint density at radius 2 is 1.84 bits per heavy atom. The molecule has 3 aromatic rings. The van der Waals surface area contributed by atoms with Gasteiger partial charge in [0.1, 0.15) is 6.61 Å². The molecule has 0 radical (unpaired) electrons. The molecule has 2 aliphatic rings. The van der Waals surface area contributed by atoms with Crippen molar-refractivity contribution in [3.63, 3.8) is 0 Å². The minimum atomic E-state index is -3.65. The van der Waals surface area contributed by atoms with E-state index >= 15 is 0 Å². The zero-order chi connectivity index (χ0) is 25.7. The van der Waals surface area contributed by atoms with Crippen LogP contribution in [-0.2, 0) is 19.3 Å². The molecule has 2 saturated heterocycles. The van der Waals surface area contributed by atoms with E-state index in [4.69, 9.17) is 14.2 Å². The van der Waals surface area contributed by atoms with Crippen LogP contribution < -0.4 is 15.1 Å². The van der Waals surface area contributed by atoms with Crippen LogP contribution in [0.1, 0.15) is 5.56 Å². The molecule has 2 aromatic heterocycles. The van der Waals surface area contributed by atoms with Gasteiger partial charge in [0.2, 0.25) is 5.88 Å². The third-order valence-electron chi connectivity index (χ3n) is 6.37. The molecule has 2 N–H and O–H groups in total. The fraction of sp³-hybridized carbons (Fsp3) is 0.440. The average Bonchev–Trinajstić information content (AvgIpc) is 3.33. The number of rotatable bonds is 8. The predicted octanol–water partition coefficient (Wildman–Crippen LogP) is 1.93. The van der Waals surface area contributed by atoms with Crippen molar-refractivity contribution < 1.29 is 22.6 Å². The lowest BCUT2D eigenvalue weighted by molar-refractivity contribution is 0.0320. The second-order valence-corrected chi connectivity index (χ2v) is 10.9. The number of para-hydroxylation sites is 1. The lowest BCUT2D eigenvalue weighted by atomic mass is 10.2. The number of pyridine rings is 1. The Hall–Kier alpha value is -3.19. The number of sulfone groups is 1. The monoisotopic (exact) mass is 528 g/mol. The van der Waals surface area contributed by atoms with Crippen LogP contribution in [0.3, 0.4) is 0 Å². The van der Waals surface area contributed by atoms with Crippen molar-refractivity contribution in [2.24, 2.45) is 5.10 Å². The van der Waals surface area contributed by atoms with Gasteiger partial charge in [0.05, 0.1) is 26.4 Å². The Kier molecular flexibility index (Phi) is 7.89. The summed E-state index contributed by atoms with van der Waals surface area (Å²) >= 11 is 0. The second kappa shape index (κ2) is 11.5. The summed E-state index contributed by atoms with van der Waals surface area (Å²) in [5.74, 6) is 0.842. The first-order valence-electron chi connectivity index (χ1n) is 12.4. The van der Waals surface area contributed by atoms with Crippen molar-refractivity contribution >= 4 is 37.3 Å². The SMILES string of the molecule is CS(=O)(=O)C(=NNc1cc(N2CCOCC2)cc(OCCN2CCOCC2)n1)c1c[nH]c2ccccc12. The Morgan fingerprint density at radius 3 is 2.59 bits per heavy atom. The number of hydrogen-bond acceptors (Lipinski definition) is 10. The molecule has 0 unspecified atom stereocenters.